The molecular weight excluding hydrogens is 923 g/mol. The van der Waals surface area contributed by atoms with E-state index in [9.17, 15) is 43.8 Å². The molecule has 0 radical (unpaired) electrons. The molecule has 0 bridgehead atoms. The van der Waals surface area contributed by atoms with Crippen molar-refractivity contribution in [3.05, 3.63) is 70.8 Å². The van der Waals surface area contributed by atoms with Crippen LogP contribution < -0.4 is 43.0 Å². The second-order valence-corrected chi connectivity index (χ2v) is 21.8. The largest absolute Gasteiger partial charge is 0.377 e. The Morgan fingerprint density at radius 2 is 1.32 bits per heavy atom. The van der Waals surface area contributed by atoms with E-state index in [1.165, 1.54) is 28.5 Å². The van der Waals surface area contributed by atoms with Crippen molar-refractivity contribution in [1.29, 1.82) is 0 Å². The number of hydrogen-bond donors (Lipinski definition) is 10. The number of nitrogens with one attached hydrogen (secondary N) is 7. The maximum absolute atomic E-state index is 14.5. The molecule has 2 aliphatic heterocycles. The monoisotopic (exact) mass is 998 g/mol. The number of aliphatic hydroxyl groups is 2. The number of aryl methyl sites for hydroxylation is 2. The van der Waals surface area contributed by atoms with Crippen LogP contribution in [0.1, 0.15) is 89.5 Å². The van der Waals surface area contributed by atoms with E-state index in [1.807, 2.05) is 77.9 Å². The summed E-state index contributed by atoms with van der Waals surface area (Å²) in [5.41, 5.74) is 9.69. The molecule has 0 saturated carbocycles. The highest BCUT2D eigenvalue weighted by atomic mass is 33.1. The van der Waals surface area contributed by atoms with Crippen LogP contribution in [0.5, 0.6) is 0 Å². The van der Waals surface area contributed by atoms with Gasteiger partial charge in [-0.3, -0.25) is 43.8 Å². The third-order valence-corrected chi connectivity index (χ3v) is 14.6. The zero-order valence-electron chi connectivity index (χ0n) is 41.2. The Bertz CT molecular complexity index is 2040. The summed E-state index contributed by atoms with van der Waals surface area (Å²) in [6, 6.07) is 6.80. The molecular formula is C49H75N9O9S2. The van der Waals surface area contributed by atoms with E-state index in [2.05, 4.69) is 37.2 Å². The highest BCUT2D eigenvalue weighted by molar-refractivity contribution is 8.76. The topological polar surface area (TPSA) is 273 Å². The van der Waals surface area contributed by atoms with E-state index in [4.69, 9.17) is 5.73 Å². The lowest BCUT2D eigenvalue weighted by molar-refractivity contribution is -0.136. The number of rotatable bonds is 13. The molecule has 2 heterocycles. The number of nitrogens with zero attached hydrogens (tertiary/aromatic N) is 1. The minimum absolute atomic E-state index is 0.00365. The molecule has 2 saturated heterocycles. The van der Waals surface area contributed by atoms with Gasteiger partial charge in [-0.25, -0.2) is 0 Å². The standard InChI is InChI=1S/C49H75N9O9S2/c1-27(2)20-35(50)49(67)58-19-9-10-40(58)47(65)56-39-26-69-68-25-31(7)52-48(66)42(28(3)4)57-41(60)24-51-43(61)37(22-33-15-11-29(5)12-16-33)54-45(63)38(23-34-17-13-30(6)14-18-34)55-44(62)36(21-32(8)59)53-46(39)64/h11-18,27-28,31,35-42,49,57,60,67H,9-10,19-26,50H2,1-8H3,(H,51,61)(H,52,66)(H,53,64)(H,54,63)(H,55,62)(H,56,65)/t31-,35+,36+,37+,38+,39+,40+,41-,42?,49-/m1/s1. The Morgan fingerprint density at radius 1 is 0.783 bits per heavy atom. The van der Waals surface area contributed by atoms with Gasteiger partial charge in [0.1, 0.15) is 42.4 Å². The van der Waals surface area contributed by atoms with Crippen molar-refractivity contribution in [1.82, 2.24) is 42.1 Å². The average molecular weight is 998 g/mol. The van der Waals surface area contributed by atoms with Crippen LogP contribution in [-0.2, 0) is 46.4 Å². The van der Waals surface area contributed by atoms with Gasteiger partial charge in [-0.1, -0.05) is 109 Å². The molecule has 2 fully saturated rings. The molecule has 2 aromatic carbocycles. The first-order chi connectivity index (χ1) is 32.6. The quantitative estimate of drug-likeness (QED) is 0.126. The molecule has 69 heavy (non-hydrogen) atoms. The molecule has 382 valence electrons. The lowest BCUT2D eigenvalue weighted by Gasteiger charge is -2.33. The fourth-order valence-corrected chi connectivity index (χ4v) is 10.6. The number of likely N-dealkylation sites (tertiary alicyclic amines) is 1. The van der Waals surface area contributed by atoms with E-state index in [0.29, 0.717) is 37.1 Å². The van der Waals surface area contributed by atoms with E-state index < -0.39 is 96.5 Å². The van der Waals surface area contributed by atoms with Gasteiger partial charge < -0.3 is 47.8 Å². The summed E-state index contributed by atoms with van der Waals surface area (Å²) in [4.78, 5) is 99.2. The van der Waals surface area contributed by atoms with E-state index in [-0.39, 0.29) is 48.9 Å². The number of carbonyl (C=O) groups is 7. The predicted molar refractivity (Wildman–Crippen MR) is 269 cm³/mol. The van der Waals surface area contributed by atoms with Gasteiger partial charge >= 0.3 is 0 Å². The van der Waals surface area contributed by atoms with Crippen LogP contribution in [0.2, 0.25) is 0 Å². The summed E-state index contributed by atoms with van der Waals surface area (Å²) in [5, 5.41) is 42.0. The molecule has 10 atom stereocenters. The number of amides is 6. The Kier molecular flexibility index (Phi) is 22.9. The first-order valence-corrected chi connectivity index (χ1v) is 26.4. The highest BCUT2D eigenvalue weighted by Gasteiger charge is 2.39. The Balaban J connectivity index is 1.71. The number of hydrogen-bond acceptors (Lipinski definition) is 14. The molecule has 0 aromatic heterocycles. The van der Waals surface area contributed by atoms with Gasteiger partial charge in [0, 0.05) is 49.4 Å². The van der Waals surface area contributed by atoms with Crippen LogP contribution in [0.3, 0.4) is 0 Å². The van der Waals surface area contributed by atoms with Gasteiger partial charge in [-0.15, -0.1) is 0 Å². The maximum Gasteiger partial charge on any atom is 0.244 e. The van der Waals surface area contributed by atoms with Gasteiger partial charge in [-0.05, 0) is 69.9 Å². The van der Waals surface area contributed by atoms with Gasteiger partial charge in [0.25, 0.3) is 0 Å². The molecule has 2 aromatic rings. The molecule has 20 heteroatoms. The van der Waals surface area contributed by atoms with E-state index >= 15 is 0 Å². The number of ketones is 1. The molecule has 6 amide bonds. The van der Waals surface area contributed by atoms with E-state index in [1.54, 1.807) is 24.0 Å². The first-order valence-electron chi connectivity index (χ1n) is 23.9. The van der Waals surface area contributed by atoms with Crippen molar-refractivity contribution in [2.75, 3.05) is 24.6 Å². The predicted octanol–water partition coefficient (Wildman–Crippen LogP) is 1.11. The van der Waals surface area contributed by atoms with Crippen molar-refractivity contribution < 1.29 is 43.8 Å². The Labute approximate surface area is 414 Å². The summed E-state index contributed by atoms with van der Waals surface area (Å²) in [6.45, 7) is 14.6. The van der Waals surface area contributed by atoms with Crippen molar-refractivity contribution in [3.63, 3.8) is 0 Å². The number of nitrogens with two attached hydrogens (primary N) is 1. The fraction of sp³-hybridized carbons (Fsp3) is 0.612. The van der Waals surface area contributed by atoms with Crippen LogP contribution >= 0.6 is 21.6 Å². The SMILES string of the molecule is CC(=O)C[C@@H]1NC(=O)[C@@H](NC(=O)[C@@H]2CCCN2[C@H](O)[C@@H](N)CC(C)C)CSSC[C@@H](C)NC(=O)C(C(C)C)N[C@H](O)CNC(=O)[C@H](Cc2ccc(C)cc2)NC(=O)[C@H](Cc2ccc(C)cc2)NC1=O. The molecule has 2 aliphatic rings. The fourth-order valence-electron chi connectivity index (χ4n) is 8.20. The Morgan fingerprint density at radius 3 is 1.87 bits per heavy atom. The van der Waals surface area contributed by atoms with Gasteiger partial charge in [0.05, 0.1) is 18.6 Å². The maximum atomic E-state index is 14.5. The summed E-state index contributed by atoms with van der Waals surface area (Å²) in [5.74, 6) is -4.02. The second-order valence-electron chi connectivity index (χ2n) is 19.3. The lowest BCUT2D eigenvalue weighted by atomic mass is 10.0. The van der Waals surface area contributed by atoms with Gasteiger partial charge in [-0.2, -0.15) is 0 Å². The van der Waals surface area contributed by atoms with Gasteiger partial charge in [0.15, 0.2) is 0 Å². The minimum Gasteiger partial charge on any atom is -0.377 e. The lowest BCUT2D eigenvalue weighted by Crippen LogP contribution is -2.61. The molecule has 4 rings (SSSR count). The minimum atomic E-state index is -1.48. The molecule has 0 spiro atoms. The van der Waals surface area contributed by atoms with Crippen LogP contribution in [0.15, 0.2) is 48.5 Å². The molecule has 18 nitrogen and oxygen atoms in total. The third kappa shape index (κ3) is 18.6. The number of benzene rings is 2. The Hall–Kier alpha value is -4.57. The molecule has 11 N–H and O–H groups in total. The smallest absolute Gasteiger partial charge is 0.244 e. The summed E-state index contributed by atoms with van der Waals surface area (Å²) >= 11 is 0. The van der Waals surface area contributed by atoms with Crippen LogP contribution in [-0.4, -0.2) is 142 Å². The average Bonchev–Trinajstić information content (AvgIpc) is 3.78. The van der Waals surface area contributed by atoms with Crippen LogP contribution in [0.25, 0.3) is 0 Å². The van der Waals surface area contributed by atoms with Crippen molar-refractivity contribution in [2.24, 2.45) is 17.6 Å². The summed E-state index contributed by atoms with van der Waals surface area (Å²) in [7, 11) is 2.58. The van der Waals surface area contributed by atoms with Crippen molar-refractivity contribution in [2.45, 2.75) is 155 Å². The molecule has 0 aliphatic carbocycles. The highest BCUT2D eigenvalue weighted by Crippen LogP contribution is 2.25. The molecule has 1 unspecified atom stereocenters. The number of β-amino-alcohol motifs (C(OH)–C–C–N with tert-alkyl or cyclic N) is 1. The van der Waals surface area contributed by atoms with Crippen molar-refractivity contribution >= 4 is 62.8 Å². The second kappa shape index (κ2) is 27.7. The zero-order valence-corrected chi connectivity index (χ0v) is 42.8. The normalized spacial score (nSPS) is 26.5. The number of Topliss-reactive ketones (excluding diaryl/α,β-unsaturated/α-hetero) is 1. The summed E-state index contributed by atoms with van der Waals surface area (Å²) < 4.78 is 0. The van der Waals surface area contributed by atoms with Crippen LogP contribution in [0.4, 0.5) is 0 Å². The van der Waals surface area contributed by atoms with Gasteiger partial charge in [0.2, 0.25) is 35.4 Å². The first kappa shape index (κ1) is 57.0. The third-order valence-electron chi connectivity index (χ3n) is 12.0. The number of aliphatic hydroxyl groups excluding tert-OH is 2. The zero-order chi connectivity index (χ0) is 50.9. The van der Waals surface area contributed by atoms with E-state index in [0.717, 1.165) is 16.7 Å². The summed E-state index contributed by atoms with van der Waals surface area (Å²) in [6.07, 6.45) is -1.37. The number of carbonyl (C=O) groups excluding carboxylic acids is 7. The van der Waals surface area contributed by atoms with Crippen LogP contribution in [0, 0.1) is 25.7 Å². The van der Waals surface area contributed by atoms with Crippen molar-refractivity contribution in [3.8, 4) is 0 Å².